The van der Waals surface area contributed by atoms with Crippen LogP contribution in [0.25, 0.3) is 10.9 Å². The number of methoxy groups -OCH3 is 1. The van der Waals surface area contributed by atoms with Gasteiger partial charge >= 0.3 is 0 Å². The molecule has 4 rings (SSSR count). The van der Waals surface area contributed by atoms with Crippen LogP contribution >= 0.6 is 12.2 Å². The van der Waals surface area contributed by atoms with Gasteiger partial charge in [0.1, 0.15) is 0 Å². The number of H-pyrrole nitrogens is 1. The highest BCUT2D eigenvalue weighted by Crippen LogP contribution is 2.33. The van der Waals surface area contributed by atoms with Crippen molar-refractivity contribution in [2.75, 3.05) is 27.1 Å². The minimum atomic E-state index is -0.117. The number of aryl methyl sites for hydroxylation is 1. The van der Waals surface area contributed by atoms with Crippen LogP contribution in [0.1, 0.15) is 16.7 Å². The van der Waals surface area contributed by atoms with Crippen molar-refractivity contribution in [3.8, 4) is 11.5 Å². The predicted octanol–water partition coefficient (Wildman–Crippen LogP) is 3.09. The van der Waals surface area contributed by atoms with E-state index in [1.165, 1.54) is 0 Å². The number of pyridine rings is 1. The number of hydrogen-bond acceptors (Lipinski definition) is 5. The van der Waals surface area contributed by atoms with E-state index in [2.05, 4.69) is 10.3 Å². The first-order valence-electron chi connectivity index (χ1n) is 10.1. The molecule has 162 valence electrons. The number of ether oxygens (including phenoxy) is 3. The molecule has 0 amide bonds. The molecule has 0 spiro atoms. The number of hydrogen-bond donors (Lipinski definition) is 2. The fourth-order valence-electron chi connectivity index (χ4n) is 3.51. The maximum absolute atomic E-state index is 12.8. The van der Waals surface area contributed by atoms with E-state index in [1.54, 1.807) is 7.11 Å². The molecule has 31 heavy (non-hydrogen) atoms. The molecule has 1 aliphatic heterocycles. The molecule has 0 bridgehead atoms. The fourth-order valence-corrected chi connectivity index (χ4v) is 3.75. The number of nitrogens with zero attached hydrogens (tertiary/aromatic N) is 1. The van der Waals surface area contributed by atoms with E-state index in [0.717, 1.165) is 33.5 Å². The second-order valence-corrected chi connectivity index (χ2v) is 7.87. The zero-order chi connectivity index (χ0) is 21.8. The zero-order valence-corrected chi connectivity index (χ0v) is 18.4. The van der Waals surface area contributed by atoms with Gasteiger partial charge in [-0.3, -0.25) is 4.79 Å². The third-order valence-electron chi connectivity index (χ3n) is 5.12. The Labute approximate surface area is 185 Å². The Balaban J connectivity index is 1.60. The lowest BCUT2D eigenvalue weighted by molar-refractivity contribution is 0.174. The van der Waals surface area contributed by atoms with Crippen LogP contribution in [0.4, 0.5) is 0 Å². The van der Waals surface area contributed by atoms with Crippen molar-refractivity contribution in [2.45, 2.75) is 20.0 Å². The van der Waals surface area contributed by atoms with Gasteiger partial charge in [0, 0.05) is 31.3 Å². The molecule has 7 nitrogen and oxygen atoms in total. The number of nitrogens with one attached hydrogen (secondary N) is 2. The number of aromatic nitrogens is 1. The summed E-state index contributed by atoms with van der Waals surface area (Å²) in [6.45, 7) is 4.23. The first kappa shape index (κ1) is 21.1. The van der Waals surface area contributed by atoms with Gasteiger partial charge in [-0.2, -0.15) is 0 Å². The second kappa shape index (κ2) is 9.36. The Morgan fingerprint density at radius 1 is 1.16 bits per heavy atom. The molecule has 3 aromatic rings. The maximum atomic E-state index is 12.8. The molecule has 8 heteroatoms. The van der Waals surface area contributed by atoms with Crippen LogP contribution in [0, 0.1) is 6.92 Å². The Bertz CT molecular complexity index is 1160. The van der Waals surface area contributed by atoms with E-state index >= 15 is 0 Å². The monoisotopic (exact) mass is 439 g/mol. The van der Waals surface area contributed by atoms with Crippen LogP contribution in [0.15, 0.2) is 47.3 Å². The van der Waals surface area contributed by atoms with Crippen molar-refractivity contribution in [3.63, 3.8) is 0 Å². The molecule has 0 unspecified atom stereocenters. The van der Waals surface area contributed by atoms with Crippen LogP contribution in [-0.4, -0.2) is 42.1 Å². The molecule has 0 aliphatic carbocycles. The topological polar surface area (TPSA) is 75.8 Å². The lowest BCUT2D eigenvalue weighted by Crippen LogP contribution is -2.41. The van der Waals surface area contributed by atoms with E-state index in [1.807, 2.05) is 54.3 Å². The molecule has 0 saturated heterocycles. The molecule has 2 N–H and O–H groups in total. The highest BCUT2D eigenvalue weighted by molar-refractivity contribution is 7.80. The molecular weight excluding hydrogens is 414 g/mol. The van der Waals surface area contributed by atoms with Gasteiger partial charge in [0.05, 0.1) is 13.2 Å². The quantitative estimate of drug-likeness (QED) is 0.433. The molecular formula is C23H25N3O4S. The summed E-state index contributed by atoms with van der Waals surface area (Å²) in [5.41, 5.74) is 3.47. The third-order valence-corrected chi connectivity index (χ3v) is 5.52. The second-order valence-electron chi connectivity index (χ2n) is 7.48. The average Bonchev–Trinajstić information content (AvgIpc) is 3.22. The molecule has 0 fully saturated rings. The average molecular weight is 440 g/mol. The van der Waals surface area contributed by atoms with Gasteiger partial charge in [-0.1, -0.05) is 18.2 Å². The maximum Gasteiger partial charge on any atom is 0.253 e. The number of benzene rings is 2. The van der Waals surface area contributed by atoms with Crippen molar-refractivity contribution in [2.24, 2.45) is 0 Å². The first-order valence-corrected chi connectivity index (χ1v) is 10.5. The van der Waals surface area contributed by atoms with Gasteiger partial charge in [0.15, 0.2) is 16.6 Å². The van der Waals surface area contributed by atoms with Crippen LogP contribution in [0.3, 0.4) is 0 Å². The molecule has 0 atom stereocenters. The molecule has 2 aromatic carbocycles. The Morgan fingerprint density at radius 3 is 2.84 bits per heavy atom. The summed E-state index contributed by atoms with van der Waals surface area (Å²) in [5, 5.41) is 4.75. The largest absolute Gasteiger partial charge is 0.454 e. The molecule has 0 saturated carbocycles. The minimum absolute atomic E-state index is 0.117. The van der Waals surface area contributed by atoms with Gasteiger partial charge in [-0.05, 0) is 59.9 Å². The highest BCUT2D eigenvalue weighted by Gasteiger charge is 2.17. The summed E-state index contributed by atoms with van der Waals surface area (Å²) < 4.78 is 16.0. The number of rotatable bonds is 7. The van der Waals surface area contributed by atoms with Gasteiger partial charge in [0.2, 0.25) is 6.79 Å². The third kappa shape index (κ3) is 4.98. The Morgan fingerprint density at radius 2 is 2.00 bits per heavy atom. The van der Waals surface area contributed by atoms with Crippen LogP contribution in [0.2, 0.25) is 0 Å². The van der Waals surface area contributed by atoms with Crippen molar-refractivity contribution in [1.82, 2.24) is 15.2 Å². The lowest BCUT2D eigenvalue weighted by Gasteiger charge is -2.26. The minimum Gasteiger partial charge on any atom is -0.454 e. The molecule has 1 aliphatic rings. The Kier molecular flexibility index (Phi) is 6.39. The summed E-state index contributed by atoms with van der Waals surface area (Å²) >= 11 is 5.63. The van der Waals surface area contributed by atoms with Gasteiger partial charge in [-0.25, -0.2) is 0 Å². The van der Waals surface area contributed by atoms with E-state index < -0.39 is 0 Å². The molecule has 1 aromatic heterocycles. The van der Waals surface area contributed by atoms with Gasteiger partial charge in [-0.15, -0.1) is 0 Å². The molecule has 0 radical (unpaired) electrons. The summed E-state index contributed by atoms with van der Waals surface area (Å²) in [7, 11) is 1.64. The predicted molar refractivity (Wildman–Crippen MR) is 124 cm³/mol. The van der Waals surface area contributed by atoms with Crippen LogP contribution < -0.4 is 20.3 Å². The van der Waals surface area contributed by atoms with E-state index in [9.17, 15) is 4.79 Å². The summed E-state index contributed by atoms with van der Waals surface area (Å²) in [4.78, 5) is 17.7. The van der Waals surface area contributed by atoms with E-state index in [4.69, 9.17) is 26.4 Å². The lowest BCUT2D eigenvalue weighted by atomic mass is 10.1. The smallest absolute Gasteiger partial charge is 0.253 e. The van der Waals surface area contributed by atoms with Gasteiger partial charge in [0.25, 0.3) is 5.56 Å². The van der Waals surface area contributed by atoms with E-state index in [0.29, 0.717) is 36.9 Å². The van der Waals surface area contributed by atoms with Crippen LogP contribution in [0.5, 0.6) is 11.5 Å². The van der Waals surface area contributed by atoms with Crippen molar-refractivity contribution in [1.29, 1.82) is 0 Å². The Hall–Kier alpha value is -3.10. The van der Waals surface area contributed by atoms with Crippen molar-refractivity contribution in [3.05, 3.63) is 69.5 Å². The normalized spacial score (nSPS) is 12.2. The SMILES string of the molecule is COCCNC(=S)N(Cc1ccc2c(c1)OCO2)Cc1cc2ccc(C)cc2[nH]c1=O. The number of thiocarbonyl (C=S) groups is 1. The van der Waals surface area contributed by atoms with Crippen molar-refractivity contribution >= 4 is 28.2 Å². The van der Waals surface area contributed by atoms with E-state index in [-0.39, 0.29) is 12.4 Å². The zero-order valence-electron chi connectivity index (χ0n) is 17.6. The fraction of sp³-hybridized carbons (Fsp3) is 0.304. The number of aromatic amines is 1. The molecule has 2 heterocycles. The summed E-state index contributed by atoms with van der Waals surface area (Å²) in [5.74, 6) is 1.45. The van der Waals surface area contributed by atoms with Crippen molar-refractivity contribution < 1.29 is 14.2 Å². The van der Waals surface area contributed by atoms with Crippen LogP contribution in [-0.2, 0) is 17.8 Å². The summed E-state index contributed by atoms with van der Waals surface area (Å²) in [6, 6.07) is 13.8. The number of fused-ring (bicyclic) bond motifs is 2. The summed E-state index contributed by atoms with van der Waals surface area (Å²) in [6.07, 6.45) is 0. The standard InChI is InChI=1S/C23H25N3O4S/c1-15-3-5-17-11-18(22(27)25-19(17)9-15)13-26(23(31)24-7-8-28-2)12-16-4-6-20-21(10-16)30-14-29-20/h3-6,9-11H,7-8,12-14H2,1-2H3,(H,24,31)(H,25,27). The van der Waals surface area contributed by atoms with Gasteiger partial charge < -0.3 is 29.4 Å². The highest BCUT2D eigenvalue weighted by atomic mass is 32.1. The first-order chi connectivity index (χ1) is 15.0.